The van der Waals surface area contributed by atoms with E-state index in [9.17, 15) is 0 Å². The van der Waals surface area contributed by atoms with Gasteiger partial charge in [0.1, 0.15) is 0 Å². The van der Waals surface area contributed by atoms with Crippen molar-refractivity contribution < 1.29 is 4.74 Å². The molecule has 0 unspecified atom stereocenters. The number of halogens is 1. The van der Waals surface area contributed by atoms with Crippen molar-refractivity contribution in [1.82, 2.24) is 0 Å². The summed E-state index contributed by atoms with van der Waals surface area (Å²) in [6, 6.07) is 0.324. The Balaban J connectivity index is 0.000000360. The molecule has 44 valence electrons. The van der Waals surface area contributed by atoms with Gasteiger partial charge in [0.15, 0.2) is 0 Å². The second-order valence-electron chi connectivity index (χ2n) is 1.62. The van der Waals surface area contributed by atoms with Crippen molar-refractivity contribution in [3.05, 3.63) is 0 Å². The maximum atomic E-state index is 5.41. The summed E-state index contributed by atoms with van der Waals surface area (Å²) in [7, 11) is 0. The third-order valence-corrected chi connectivity index (χ3v) is 0.965. The zero-order valence-electron chi connectivity index (χ0n) is 4.09. The van der Waals surface area contributed by atoms with Gasteiger partial charge < -0.3 is 10.5 Å². The van der Waals surface area contributed by atoms with Crippen molar-refractivity contribution in [3.8, 4) is 0 Å². The Labute approximate surface area is 49.4 Å². The van der Waals surface area contributed by atoms with Gasteiger partial charge in [-0.2, -0.15) is 0 Å². The minimum Gasteiger partial charge on any atom is -0.380 e. The molecule has 0 aliphatic carbocycles. The first-order valence-corrected chi connectivity index (χ1v) is 2.23. The summed E-state index contributed by atoms with van der Waals surface area (Å²) in [6.45, 7) is 1.63. The molecule has 3 heteroatoms. The van der Waals surface area contributed by atoms with Gasteiger partial charge in [0, 0.05) is 12.6 Å². The Morgan fingerprint density at radius 1 is 1.57 bits per heavy atom. The molecule has 0 aromatic carbocycles. The average molecular weight is 124 g/mol. The first-order valence-electron chi connectivity index (χ1n) is 2.23. The van der Waals surface area contributed by atoms with Gasteiger partial charge in [0.2, 0.25) is 0 Å². The van der Waals surface area contributed by atoms with Crippen LogP contribution in [-0.2, 0) is 4.74 Å². The highest BCUT2D eigenvalue weighted by molar-refractivity contribution is 5.85. The molecular weight excluding hydrogens is 114 g/mol. The van der Waals surface area contributed by atoms with Gasteiger partial charge in [-0.25, -0.2) is 0 Å². The highest BCUT2D eigenvalue weighted by Crippen LogP contribution is 1.98. The second kappa shape index (κ2) is 3.24. The van der Waals surface area contributed by atoms with Gasteiger partial charge in [-0.15, -0.1) is 12.4 Å². The van der Waals surface area contributed by atoms with E-state index in [1.54, 1.807) is 0 Å². The topological polar surface area (TPSA) is 35.2 Å². The van der Waals surface area contributed by atoms with Gasteiger partial charge >= 0.3 is 0 Å². The highest BCUT2D eigenvalue weighted by atomic mass is 35.5. The second-order valence-corrected chi connectivity index (χ2v) is 1.62. The van der Waals surface area contributed by atoms with Gasteiger partial charge in [-0.05, 0) is 6.42 Å². The smallest absolute Gasteiger partial charge is 0.0618 e. The summed E-state index contributed by atoms with van der Waals surface area (Å²) < 4.78 is 4.93. The van der Waals surface area contributed by atoms with E-state index in [0.29, 0.717) is 6.04 Å². The van der Waals surface area contributed by atoms with Crippen LogP contribution in [-0.4, -0.2) is 19.3 Å². The molecule has 0 radical (unpaired) electrons. The van der Waals surface area contributed by atoms with Crippen LogP contribution in [0.3, 0.4) is 0 Å². The molecule has 1 rings (SSSR count). The maximum absolute atomic E-state index is 5.41. The molecule has 0 saturated carbocycles. The fraction of sp³-hybridized carbons (Fsp3) is 1.00. The van der Waals surface area contributed by atoms with E-state index in [0.717, 1.165) is 19.6 Å². The van der Waals surface area contributed by atoms with Crippen molar-refractivity contribution >= 4 is 12.4 Å². The molecule has 1 atom stereocenters. The summed E-state index contributed by atoms with van der Waals surface area (Å²) in [4.78, 5) is 0. The van der Waals surface area contributed by atoms with E-state index in [1.807, 2.05) is 0 Å². The van der Waals surface area contributed by atoms with Crippen LogP contribution in [0.25, 0.3) is 0 Å². The Kier molecular flexibility index (Phi) is 3.34. The molecule has 0 aromatic rings. The molecule has 1 heterocycles. The molecule has 7 heavy (non-hydrogen) atoms. The molecule has 1 aliphatic rings. The number of hydrogen-bond acceptors (Lipinski definition) is 2. The minimum atomic E-state index is 0. The quantitative estimate of drug-likeness (QED) is 0.498. The Bertz CT molecular complexity index is 45.0. The largest absolute Gasteiger partial charge is 0.380 e. The van der Waals surface area contributed by atoms with Crippen LogP contribution in [0.15, 0.2) is 0 Å². The molecule has 0 amide bonds. The van der Waals surface area contributed by atoms with Crippen LogP contribution in [0.5, 0.6) is 0 Å². The van der Waals surface area contributed by atoms with Crippen LogP contribution < -0.4 is 5.73 Å². The molecule has 1 aliphatic heterocycles. The van der Waals surface area contributed by atoms with Crippen LogP contribution in [0.1, 0.15) is 6.42 Å². The van der Waals surface area contributed by atoms with E-state index in [1.165, 1.54) is 0 Å². The first kappa shape index (κ1) is 7.21. The molecule has 1 fully saturated rings. The van der Waals surface area contributed by atoms with Gasteiger partial charge in [0.25, 0.3) is 0 Å². The molecular formula is C4H10ClNO. The predicted molar refractivity (Wildman–Crippen MR) is 30.7 cm³/mol. The average Bonchev–Trinajstić information content (AvgIpc) is 1.86. The van der Waals surface area contributed by atoms with Crippen molar-refractivity contribution in [1.29, 1.82) is 0 Å². The lowest BCUT2D eigenvalue weighted by atomic mass is 10.3. The Morgan fingerprint density at radius 3 is 2.43 bits per heavy atom. The van der Waals surface area contributed by atoms with Crippen molar-refractivity contribution in [2.45, 2.75) is 12.5 Å². The van der Waals surface area contributed by atoms with Crippen LogP contribution in [0, 0.1) is 0 Å². The van der Waals surface area contributed by atoms with Crippen molar-refractivity contribution in [2.24, 2.45) is 5.73 Å². The number of hydrogen-bond donors (Lipinski definition) is 1. The fourth-order valence-corrected chi connectivity index (χ4v) is 0.553. The first-order chi connectivity index (χ1) is 2.89. The van der Waals surface area contributed by atoms with Gasteiger partial charge in [0.05, 0.1) is 6.61 Å². The molecule has 0 spiro atoms. The zero-order chi connectivity index (χ0) is 4.41. The molecule has 0 aromatic heterocycles. The Hall–Kier alpha value is 0.210. The summed E-state index contributed by atoms with van der Waals surface area (Å²) in [5.41, 5.74) is 5.41. The van der Waals surface area contributed by atoms with E-state index in [4.69, 9.17) is 10.5 Å². The molecule has 0 bridgehead atoms. The fourth-order valence-electron chi connectivity index (χ4n) is 0.553. The van der Waals surface area contributed by atoms with Crippen LogP contribution in [0.2, 0.25) is 0 Å². The van der Waals surface area contributed by atoms with Gasteiger partial charge in [-0.1, -0.05) is 0 Å². The lowest BCUT2D eigenvalue weighted by Gasteiger charge is -1.90. The van der Waals surface area contributed by atoms with Gasteiger partial charge in [-0.3, -0.25) is 0 Å². The SMILES string of the molecule is Cl.N[C@H]1CCOC1. The minimum absolute atomic E-state index is 0. The summed E-state index contributed by atoms with van der Waals surface area (Å²) in [5.74, 6) is 0. The molecule has 1 saturated heterocycles. The lowest BCUT2D eigenvalue weighted by Crippen LogP contribution is -2.18. The molecule has 2 nitrogen and oxygen atoms in total. The highest BCUT2D eigenvalue weighted by Gasteiger charge is 2.07. The third-order valence-electron chi connectivity index (χ3n) is 0.965. The number of rotatable bonds is 0. The summed E-state index contributed by atoms with van der Waals surface area (Å²) in [6.07, 6.45) is 1.04. The van der Waals surface area contributed by atoms with Crippen LogP contribution in [0.4, 0.5) is 0 Å². The van der Waals surface area contributed by atoms with E-state index in [-0.39, 0.29) is 12.4 Å². The number of nitrogens with two attached hydrogens (primary N) is 1. The predicted octanol–water partition coefficient (Wildman–Crippen LogP) is 0.156. The van der Waals surface area contributed by atoms with Crippen molar-refractivity contribution in [2.75, 3.05) is 13.2 Å². The maximum Gasteiger partial charge on any atom is 0.0618 e. The lowest BCUT2D eigenvalue weighted by molar-refractivity contribution is 0.194. The standard InChI is InChI=1S/C4H9NO.ClH/c5-4-1-2-6-3-4;/h4H,1-3,5H2;1H/t4-;/m0./s1. The van der Waals surface area contributed by atoms with E-state index < -0.39 is 0 Å². The Morgan fingerprint density at radius 2 is 2.29 bits per heavy atom. The van der Waals surface area contributed by atoms with E-state index >= 15 is 0 Å². The van der Waals surface area contributed by atoms with E-state index in [2.05, 4.69) is 0 Å². The zero-order valence-corrected chi connectivity index (χ0v) is 4.91. The normalized spacial score (nSPS) is 29.6. The van der Waals surface area contributed by atoms with Crippen LogP contribution >= 0.6 is 12.4 Å². The summed E-state index contributed by atoms with van der Waals surface area (Å²) >= 11 is 0. The third kappa shape index (κ3) is 2.12. The number of ether oxygens (including phenoxy) is 1. The monoisotopic (exact) mass is 123 g/mol. The van der Waals surface area contributed by atoms with Crippen molar-refractivity contribution in [3.63, 3.8) is 0 Å². The summed E-state index contributed by atoms with van der Waals surface area (Å²) in [5, 5.41) is 0. The molecule has 2 N–H and O–H groups in total.